The summed E-state index contributed by atoms with van der Waals surface area (Å²) in [6.45, 7) is 5.45. The van der Waals surface area contributed by atoms with Gasteiger partial charge in [0.05, 0.1) is 12.0 Å². The average molecular weight is 580 g/mol. The number of para-hydroxylation sites is 1. The number of carbonyl (C=O) groups is 3. The van der Waals surface area contributed by atoms with Crippen molar-refractivity contribution in [2.75, 3.05) is 13.7 Å². The highest BCUT2D eigenvalue weighted by Crippen LogP contribution is 2.28. The van der Waals surface area contributed by atoms with Crippen molar-refractivity contribution in [3.05, 3.63) is 70.3 Å². The third-order valence-corrected chi connectivity index (χ3v) is 7.48. The van der Waals surface area contributed by atoms with E-state index >= 15 is 0 Å². The summed E-state index contributed by atoms with van der Waals surface area (Å²) < 4.78 is 43.2. The summed E-state index contributed by atoms with van der Waals surface area (Å²) in [6, 6.07) is 10.6. The van der Waals surface area contributed by atoms with Crippen LogP contribution in [0.1, 0.15) is 39.7 Å². The van der Waals surface area contributed by atoms with Crippen LogP contribution in [0.2, 0.25) is 0 Å². The van der Waals surface area contributed by atoms with E-state index in [0.29, 0.717) is 9.87 Å². The first-order valence-electron chi connectivity index (χ1n) is 12.2. The monoisotopic (exact) mass is 579 g/mol. The molecule has 0 saturated carbocycles. The molecule has 0 fully saturated rings. The Balaban J connectivity index is 2.39. The molecule has 14 heteroatoms. The van der Waals surface area contributed by atoms with Crippen molar-refractivity contribution in [1.82, 2.24) is 9.62 Å². The Bertz CT molecular complexity index is 1310. The van der Waals surface area contributed by atoms with Crippen molar-refractivity contribution in [3.63, 3.8) is 0 Å². The van der Waals surface area contributed by atoms with Crippen molar-refractivity contribution in [1.29, 1.82) is 0 Å². The third kappa shape index (κ3) is 9.02. The largest absolute Gasteiger partial charge is 0.468 e. The zero-order chi connectivity index (χ0) is 30.1. The number of carbonyl (C=O) groups excluding carboxylic acids is 3. The SMILES string of the molecule is COC(=O)[C@H](C)N(CC[C@H](NC(=O)OC(C)(C)C)C(=O)OCc1ccccc1)S(=O)(=O)c1ccccc1[N+](=O)[O-]. The molecule has 0 unspecified atom stereocenters. The van der Waals surface area contributed by atoms with E-state index in [1.807, 2.05) is 0 Å². The predicted octanol–water partition coefficient (Wildman–Crippen LogP) is 3.17. The Labute approximate surface area is 232 Å². The van der Waals surface area contributed by atoms with Crippen LogP contribution >= 0.6 is 0 Å². The van der Waals surface area contributed by atoms with Gasteiger partial charge in [-0.05, 0) is 45.7 Å². The molecule has 0 spiro atoms. The second kappa shape index (κ2) is 13.8. The molecule has 2 aromatic carbocycles. The van der Waals surface area contributed by atoms with Gasteiger partial charge in [0.25, 0.3) is 15.7 Å². The maximum atomic E-state index is 13.6. The number of nitro groups is 1. The first kappa shape index (κ1) is 32.2. The molecule has 0 heterocycles. The van der Waals surface area contributed by atoms with E-state index in [9.17, 15) is 32.9 Å². The summed E-state index contributed by atoms with van der Waals surface area (Å²) in [5, 5.41) is 13.9. The van der Waals surface area contributed by atoms with E-state index < -0.39 is 67.8 Å². The maximum Gasteiger partial charge on any atom is 0.408 e. The predicted molar refractivity (Wildman–Crippen MR) is 142 cm³/mol. The van der Waals surface area contributed by atoms with E-state index in [0.717, 1.165) is 19.2 Å². The Morgan fingerprint density at radius 2 is 1.62 bits per heavy atom. The maximum absolute atomic E-state index is 13.6. The van der Waals surface area contributed by atoms with Gasteiger partial charge < -0.3 is 19.5 Å². The highest BCUT2D eigenvalue weighted by Gasteiger charge is 2.38. The molecule has 2 rings (SSSR count). The smallest absolute Gasteiger partial charge is 0.408 e. The first-order valence-corrected chi connectivity index (χ1v) is 13.6. The van der Waals surface area contributed by atoms with E-state index in [4.69, 9.17) is 14.2 Å². The summed E-state index contributed by atoms with van der Waals surface area (Å²) in [4.78, 5) is 47.9. The molecule has 0 radical (unpaired) electrons. The normalized spacial score (nSPS) is 13.2. The molecule has 0 aliphatic heterocycles. The van der Waals surface area contributed by atoms with Crippen molar-refractivity contribution < 1.29 is 41.9 Å². The summed E-state index contributed by atoms with van der Waals surface area (Å²) in [7, 11) is -3.61. The van der Waals surface area contributed by atoms with Gasteiger partial charge in [0.1, 0.15) is 24.3 Å². The molecule has 2 atom stereocenters. The molecule has 0 aliphatic rings. The Kier molecular flexibility index (Phi) is 11.1. The van der Waals surface area contributed by atoms with Gasteiger partial charge in [-0.25, -0.2) is 18.0 Å². The van der Waals surface area contributed by atoms with Crippen LogP contribution in [0.4, 0.5) is 10.5 Å². The number of nitrogens with one attached hydrogen (secondary N) is 1. The van der Waals surface area contributed by atoms with Gasteiger partial charge in [0.15, 0.2) is 4.90 Å². The lowest BCUT2D eigenvalue weighted by Gasteiger charge is -2.28. The highest BCUT2D eigenvalue weighted by atomic mass is 32.2. The minimum Gasteiger partial charge on any atom is -0.468 e. The number of benzene rings is 2. The Hall–Kier alpha value is -4.04. The van der Waals surface area contributed by atoms with Crippen LogP contribution in [-0.2, 0) is 40.4 Å². The van der Waals surface area contributed by atoms with E-state index in [1.165, 1.54) is 19.1 Å². The molecule has 40 heavy (non-hydrogen) atoms. The lowest BCUT2D eigenvalue weighted by atomic mass is 10.2. The van der Waals surface area contributed by atoms with Gasteiger partial charge in [-0.2, -0.15) is 4.31 Å². The van der Waals surface area contributed by atoms with Gasteiger partial charge in [-0.3, -0.25) is 14.9 Å². The number of rotatable bonds is 12. The number of ether oxygens (including phenoxy) is 3. The summed E-state index contributed by atoms with van der Waals surface area (Å²) in [5.74, 6) is -1.83. The standard InChI is InChI=1S/C26H33N3O10S/c1-18(23(30)37-5)28(40(35,36)22-14-10-9-13-21(22)29(33)34)16-15-20(27-25(32)39-26(2,3)4)24(31)38-17-19-11-7-6-8-12-19/h6-14,18,20H,15-17H2,1-5H3,(H,27,32)/t18-,20-/m0/s1. The number of nitrogens with zero attached hydrogens (tertiary/aromatic N) is 2. The third-order valence-electron chi connectivity index (χ3n) is 5.46. The molecular weight excluding hydrogens is 546 g/mol. The number of sulfonamides is 1. The lowest BCUT2D eigenvalue weighted by molar-refractivity contribution is -0.387. The average Bonchev–Trinajstić information content (AvgIpc) is 2.89. The topological polar surface area (TPSA) is 171 Å². The molecule has 2 aromatic rings. The Morgan fingerprint density at radius 3 is 2.20 bits per heavy atom. The number of amides is 1. The number of hydrogen-bond donors (Lipinski definition) is 1. The van der Waals surface area contributed by atoms with Crippen LogP contribution in [0.25, 0.3) is 0 Å². The number of methoxy groups -OCH3 is 1. The van der Waals surface area contributed by atoms with Crippen molar-refractivity contribution in [3.8, 4) is 0 Å². The van der Waals surface area contributed by atoms with Gasteiger partial charge in [-0.1, -0.05) is 42.5 Å². The number of esters is 2. The van der Waals surface area contributed by atoms with E-state index in [-0.39, 0.29) is 13.0 Å². The van der Waals surface area contributed by atoms with Gasteiger partial charge in [0, 0.05) is 12.6 Å². The molecule has 0 saturated heterocycles. The Morgan fingerprint density at radius 1 is 1.02 bits per heavy atom. The quantitative estimate of drug-likeness (QED) is 0.170. The fourth-order valence-electron chi connectivity index (χ4n) is 3.55. The lowest BCUT2D eigenvalue weighted by Crippen LogP contribution is -2.49. The first-order chi connectivity index (χ1) is 18.7. The van der Waals surface area contributed by atoms with Crippen molar-refractivity contribution in [2.45, 2.75) is 63.3 Å². The molecule has 1 N–H and O–H groups in total. The summed E-state index contributed by atoms with van der Waals surface area (Å²) >= 11 is 0. The van der Waals surface area contributed by atoms with Crippen LogP contribution in [-0.4, -0.2) is 67.0 Å². The fraction of sp³-hybridized carbons (Fsp3) is 0.423. The fourth-order valence-corrected chi connectivity index (χ4v) is 5.31. The van der Waals surface area contributed by atoms with Crippen molar-refractivity contribution in [2.24, 2.45) is 0 Å². The number of hydrogen-bond acceptors (Lipinski definition) is 10. The number of nitro benzene ring substituents is 1. The molecule has 218 valence electrons. The molecular formula is C26H33N3O10S. The highest BCUT2D eigenvalue weighted by molar-refractivity contribution is 7.89. The zero-order valence-electron chi connectivity index (χ0n) is 22.9. The van der Waals surface area contributed by atoms with Crippen LogP contribution in [0, 0.1) is 10.1 Å². The zero-order valence-corrected chi connectivity index (χ0v) is 23.7. The van der Waals surface area contributed by atoms with E-state index in [1.54, 1.807) is 51.1 Å². The molecule has 0 bridgehead atoms. The second-order valence-corrected chi connectivity index (χ2v) is 11.5. The van der Waals surface area contributed by atoms with Crippen LogP contribution in [0.15, 0.2) is 59.5 Å². The van der Waals surface area contributed by atoms with Gasteiger partial charge in [0.2, 0.25) is 0 Å². The molecule has 0 aliphatic carbocycles. The van der Waals surface area contributed by atoms with Crippen LogP contribution in [0.3, 0.4) is 0 Å². The summed E-state index contributed by atoms with van der Waals surface area (Å²) in [6.07, 6.45) is -1.32. The van der Waals surface area contributed by atoms with Gasteiger partial charge in [-0.15, -0.1) is 0 Å². The van der Waals surface area contributed by atoms with Gasteiger partial charge >= 0.3 is 18.0 Å². The second-order valence-electron chi connectivity index (χ2n) is 9.62. The molecule has 13 nitrogen and oxygen atoms in total. The molecule has 1 amide bonds. The van der Waals surface area contributed by atoms with Crippen LogP contribution in [0.5, 0.6) is 0 Å². The minimum atomic E-state index is -4.67. The van der Waals surface area contributed by atoms with E-state index in [2.05, 4.69) is 5.32 Å². The number of alkyl carbamates (subject to hydrolysis) is 1. The molecule has 0 aromatic heterocycles. The summed E-state index contributed by atoms with van der Waals surface area (Å²) in [5.41, 5.74) is -0.925. The van der Waals surface area contributed by atoms with Crippen LogP contribution < -0.4 is 5.32 Å². The minimum absolute atomic E-state index is 0.122. The van der Waals surface area contributed by atoms with Crippen molar-refractivity contribution >= 4 is 33.7 Å².